The van der Waals surface area contributed by atoms with Crippen LogP contribution in [0.25, 0.3) is 0 Å². The molecule has 17 heteroatoms. The third kappa shape index (κ3) is 13.6. The maximum atomic E-state index is 12.9. The molecule has 0 radical (unpaired) electrons. The fourth-order valence-electron chi connectivity index (χ4n) is 2.64. The number of rotatable bonds is 17. The van der Waals surface area contributed by atoms with E-state index in [2.05, 4.69) is 33.6 Å². The zero-order valence-corrected chi connectivity index (χ0v) is 19.8. The fraction of sp³-hybridized carbons (Fsp3) is 0.611. The van der Waals surface area contributed by atoms with Crippen LogP contribution >= 0.6 is 12.6 Å². The molecule has 0 spiro atoms. The number of guanidine groups is 1. The molecule has 0 aliphatic rings. The Morgan fingerprint density at radius 3 is 1.77 bits per heavy atom. The Morgan fingerprint density at radius 2 is 1.31 bits per heavy atom. The highest BCUT2D eigenvalue weighted by Gasteiger charge is 2.30. The molecule has 0 bridgehead atoms. The van der Waals surface area contributed by atoms with Crippen molar-refractivity contribution in [2.24, 2.45) is 33.7 Å². The average molecular weight is 520 g/mol. The number of aliphatic imine (C=N–C) groups is 1. The summed E-state index contributed by atoms with van der Waals surface area (Å²) in [6.45, 7) is 0.138. The molecule has 16 nitrogen and oxygen atoms in total. The van der Waals surface area contributed by atoms with Crippen LogP contribution in [0.1, 0.15) is 32.1 Å². The van der Waals surface area contributed by atoms with E-state index in [1.54, 1.807) is 0 Å². The summed E-state index contributed by atoms with van der Waals surface area (Å²) in [6.07, 6.45) is -1.04. The number of carbonyl (C=O) groups excluding carboxylic acids is 5. The number of primary amides is 2. The second-order valence-corrected chi connectivity index (χ2v) is 7.80. The van der Waals surface area contributed by atoms with Crippen molar-refractivity contribution in [1.82, 2.24) is 16.0 Å². The topological polar surface area (TPSA) is 301 Å². The first kappa shape index (κ1) is 31.4. The lowest BCUT2D eigenvalue weighted by Crippen LogP contribution is -2.57. The zero-order chi connectivity index (χ0) is 27.1. The first-order valence-corrected chi connectivity index (χ1v) is 11.0. The molecule has 198 valence electrons. The molecule has 0 aliphatic carbocycles. The number of nitrogens with zero attached hydrogens (tertiary/aromatic N) is 1. The van der Waals surface area contributed by atoms with Gasteiger partial charge in [-0.15, -0.1) is 0 Å². The molecule has 0 aliphatic heterocycles. The van der Waals surface area contributed by atoms with Crippen LogP contribution in [0.5, 0.6) is 0 Å². The first-order valence-electron chi connectivity index (χ1n) is 10.4. The molecule has 0 aromatic carbocycles. The minimum Gasteiger partial charge on any atom is -0.480 e. The van der Waals surface area contributed by atoms with Crippen molar-refractivity contribution in [3.05, 3.63) is 0 Å². The Hall–Kier alpha value is -3.60. The van der Waals surface area contributed by atoms with Crippen molar-refractivity contribution in [2.75, 3.05) is 12.3 Å². The highest BCUT2D eigenvalue weighted by atomic mass is 32.1. The van der Waals surface area contributed by atoms with Crippen LogP contribution in [0.2, 0.25) is 0 Å². The highest BCUT2D eigenvalue weighted by Crippen LogP contribution is 2.05. The van der Waals surface area contributed by atoms with Gasteiger partial charge in [0.15, 0.2) is 5.96 Å². The molecule has 0 fully saturated rings. The largest absolute Gasteiger partial charge is 0.480 e. The smallest absolute Gasteiger partial charge is 0.326 e. The lowest BCUT2D eigenvalue weighted by Gasteiger charge is -2.24. The van der Waals surface area contributed by atoms with Gasteiger partial charge in [-0.1, -0.05) is 0 Å². The van der Waals surface area contributed by atoms with Crippen molar-refractivity contribution in [3.8, 4) is 0 Å². The van der Waals surface area contributed by atoms with Crippen LogP contribution in [-0.4, -0.2) is 83.0 Å². The predicted molar refractivity (Wildman–Crippen MR) is 127 cm³/mol. The van der Waals surface area contributed by atoms with Gasteiger partial charge in [-0.3, -0.25) is 29.0 Å². The number of aliphatic carboxylic acids is 1. The van der Waals surface area contributed by atoms with E-state index in [0.29, 0.717) is 0 Å². The minimum atomic E-state index is -1.67. The number of hydrogen-bond acceptors (Lipinski definition) is 9. The van der Waals surface area contributed by atoms with Crippen LogP contribution in [0, 0.1) is 0 Å². The quantitative estimate of drug-likeness (QED) is 0.0377. The van der Waals surface area contributed by atoms with E-state index in [4.69, 9.17) is 28.7 Å². The molecule has 0 saturated carbocycles. The Kier molecular flexibility index (Phi) is 14.4. The number of amides is 5. The van der Waals surface area contributed by atoms with E-state index in [9.17, 15) is 33.9 Å². The van der Waals surface area contributed by atoms with Gasteiger partial charge in [0.1, 0.15) is 18.1 Å². The molecule has 0 heterocycles. The summed E-state index contributed by atoms with van der Waals surface area (Å²) < 4.78 is 0. The van der Waals surface area contributed by atoms with E-state index in [0.717, 1.165) is 0 Å². The lowest BCUT2D eigenvalue weighted by atomic mass is 10.1. The molecule has 35 heavy (non-hydrogen) atoms. The van der Waals surface area contributed by atoms with Gasteiger partial charge in [0.2, 0.25) is 29.5 Å². The number of carboxylic acid groups (broad SMARTS) is 1. The Morgan fingerprint density at radius 1 is 0.800 bits per heavy atom. The third-order valence-corrected chi connectivity index (χ3v) is 4.84. The number of thiol groups is 1. The summed E-state index contributed by atoms with van der Waals surface area (Å²) in [5.74, 6) is -6.01. The van der Waals surface area contributed by atoms with Crippen LogP contribution in [-0.2, 0) is 28.8 Å². The standard InChI is InChI=1S/C18H33N9O7S/c19-8(7-35)14(30)25-9(2-1-5-24-18(22)23)15(31)26-10(3-4-12(20)28)16(32)27-11(17(33)34)6-13(21)29/h8-11,35H,1-7,19H2,(H2,20,28)(H2,21,29)(H,25,30)(H,26,31)(H,27,32)(H,33,34)(H4,22,23,24). The summed E-state index contributed by atoms with van der Waals surface area (Å²) in [6, 6.07) is -5.31. The molecular weight excluding hydrogens is 486 g/mol. The summed E-state index contributed by atoms with van der Waals surface area (Å²) in [5, 5.41) is 16.1. The molecule has 0 rings (SSSR count). The van der Waals surface area contributed by atoms with E-state index in [-0.39, 0.29) is 43.9 Å². The van der Waals surface area contributed by atoms with E-state index in [1.807, 2.05) is 0 Å². The molecule has 5 amide bonds. The molecule has 0 saturated heterocycles. The maximum absolute atomic E-state index is 12.9. The molecular formula is C18H33N9O7S. The number of nitrogens with two attached hydrogens (primary N) is 5. The number of nitrogens with one attached hydrogen (secondary N) is 3. The lowest BCUT2D eigenvalue weighted by molar-refractivity contribution is -0.144. The monoisotopic (exact) mass is 519 g/mol. The van der Waals surface area contributed by atoms with Crippen molar-refractivity contribution in [3.63, 3.8) is 0 Å². The third-order valence-electron chi connectivity index (χ3n) is 4.44. The number of carbonyl (C=O) groups is 6. The first-order chi connectivity index (χ1) is 16.3. The Labute approximate surface area is 206 Å². The predicted octanol–water partition coefficient (Wildman–Crippen LogP) is -5.02. The maximum Gasteiger partial charge on any atom is 0.326 e. The van der Waals surface area contributed by atoms with Gasteiger partial charge in [-0.05, 0) is 19.3 Å². The normalized spacial score (nSPS) is 13.9. The fourth-order valence-corrected chi connectivity index (χ4v) is 2.80. The Bertz CT molecular complexity index is 820. The van der Waals surface area contributed by atoms with Gasteiger partial charge < -0.3 is 49.7 Å². The SMILES string of the molecule is NC(=O)CCC(NC(=O)C(CCCN=C(N)N)NC(=O)C(N)CS)C(=O)NC(CC(N)=O)C(=O)O. The average Bonchev–Trinajstić information content (AvgIpc) is 2.76. The molecule has 4 unspecified atom stereocenters. The molecule has 0 aromatic heterocycles. The molecule has 4 atom stereocenters. The van der Waals surface area contributed by atoms with Crippen LogP contribution in [0.15, 0.2) is 4.99 Å². The summed E-state index contributed by atoms with van der Waals surface area (Å²) >= 11 is 3.93. The van der Waals surface area contributed by atoms with Gasteiger partial charge in [0.05, 0.1) is 12.5 Å². The summed E-state index contributed by atoms with van der Waals surface area (Å²) in [4.78, 5) is 75.2. The van der Waals surface area contributed by atoms with E-state index >= 15 is 0 Å². The number of hydrogen-bond donors (Lipinski definition) is 10. The van der Waals surface area contributed by atoms with E-state index < -0.39 is 66.1 Å². The minimum absolute atomic E-state index is 0.00570. The van der Waals surface area contributed by atoms with Crippen molar-refractivity contribution in [2.45, 2.75) is 56.3 Å². The van der Waals surface area contributed by atoms with E-state index in [1.165, 1.54) is 0 Å². The molecule has 0 aromatic rings. The van der Waals surface area contributed by atoms with Crippen LogP contribution in [0.4, 0.5) is 0 Å². The van der Waals surface area contributed by atoms with Gasteiger partial charge in [-0.2, -0.15) is 12.6 Å². The second kappa shape index (κ2) is 16.1. The zero-order valence-electron chi connectivity index (χ0n) is 18.9. The van der Waals surface area contributed by atoms with Gasteiger partial charge in [0.25, 0.3) is 0 Å². The van der Waals surface area contributed by atoms with Gasteiger partial charge in [-0.25, -0.2) is 4.79 Å². The van der Waals surface area contributed by atoms with Crippen molar-refractivity contribution < 1.29 is 33.9 Å². The van der Waals surface area contributed by atoms with Crippen molar-refractivity contribution >= 4 is 54.1 Å². The second-order valence-electron chi connectivity index (χ2n) is 7.44. The van der Waals surface area contributed by atoms with Crippen LogP contribution in [0.3, 0.4) is 0 Å². The van der Waals surface area contributed by atoms with Crippen LogP contribution < -0.4 is 44.6 Å². The number of carboxylic acids is 1. The highest BCUT2D eigenvalue weighted by molar-refractivity contribution is 7.80. The van der Waals surface area contributed by atoms with Crippen molar-refractivity contribution in [1.29, 1.82) is 0 Å². The summed E-state index contributed by atoms with van der Waals surface area (Å²) in [5.41, 5.74) is 26.3. The Balaban J connectivity index is 5.63. The summed E-state index contributed by atoms with van der Waals surface area (Å²) in [7, 11) is 0. The van der Waals surface area contributed by atoms with Gasteiger partial charge >= 0.3 is 5.97 Å². The van der Waals surface area contributed by atoms with Gasteiger partial charge in [0, 0.05) is 18.7 Å². The molecule has 14 N–H and O–H groups in total.